The van der Waals surface area contributed by atoms with Gasteiger partial charge in [-0.15, -0.1) is 0 Å². The van der Waals surface area contributed by atoms with Gasteiger partial charge in [-0.3, -0.25) is 4.79 Å². The molecule has 5 heteroatoms. The van der Waals surface area contributed by atoms with Gasteiger partial charge in [0.15, 0.2) is 11.5 Å². The number of methoxy groups -OCH3 is 2. The number of rotatable bonds is 6. The highest BCUT2D eigenvalue weighted by Crippen LogP contribution is 2.31. The fourth-order valence-electron chi connectivity index (χ4n) is 1.76. The van der Waals surface area contributed by atoms with E-state index in [9.17, 15) is 4.79 Å². The van der Waals surface area contributed by atoms with Crippen LogP contribution in [0.3, 0.4) is 0 Å². The summed E-state index contributed by atoms with van der Waals surface area (Å²) in [6.07, 6.45) is 0. The highest BCUT2D eigenvalue weighted by atomic mass is 16.5. The van der Waals surface area contributed by atoms with Gasteiger partial charge in [-0.2, -0.15) is 0 Å². The van der Waals surface area contributed by atoms with Crippen molar-refractivity contribution in [3.63, 3.8) is 0 Å². The van der Waals surface area contributed by atoms with Crippen LogP contribution in [0.1, 0.15) is 0 Å². The predicted octanol–water partition coefficient (Wildman–Crippen LogP) is 3.07. The van der Waals surface area contributed by atoms with Gasteiger partial charge >= 0.3 is 0 Å². The van der Waals surface area contributed by atoms with Crippen LogP contribution in [0, 0.1) is 0 Å². The Morgan fingerprint density at radius 3 is 2.29 bits per heavy atom. The van der Waals surface area contributed by atoms with Crippen LogP contribution in [0.5, 0.6) is 17.2 Å². The second-order valence-electron chi connectivity index (χ2n) is 4.26. The molecule has 0 aliphatic heterocycles. The molecular formula is C16H17NO4. The normalized spacial score (nSPS) is 10.0. The molecule has 0 unspecified atom stereocenters. The zero-order valence-electron chi connectivity index (χ0n) is 12.0. The smallest absolute Gasteiger partial charge is 0.250 e. The summed E-state index contributed by atoms with van der Waals surface area (Å²) in [5, 5.41) is 2.71. The van der Waals surface area contributed by atoms with E-state index in [1.807, 2.05) is 24.3 Å². The van der Waals surface area contributed by atoms with Gasteiger partial charge in [0, 0.05) is 12.8 Å². The first-order valence-electron chi connectivity index (χ1n) is 6.42. The first-order valence-corrected chi connectivity index (χ1v) is 6.42. The Morgan fingerprint density at radius 1 is 1.00 bits per heavy atom. The number of carbonyl (C=O) groups is 1. The molecule has 1 N–H and O–H groups in total. The number of ether oxygens (including phenoxy) is 3. The molecule has 0 aliphatic rings. The maximum Gasteiger partial charge on any atom is 0.250 e. The summed E-state index contributed by atoms with van der Waals surface area (Å²) in [6.45, 7) is 0.0272. The molecule has 21 heavy (non-hydrogen) atoms. The number of carbonyl (C=O) groups excluding carboxylic acids is 1. The van der Waals surface area contributed by atoms with Gasteiger partial charge in [-0.05, 0) is 36.4 Å². The summed E-state index contributed by atoms with van der Waals surface area (Å²) >= 11 is 0. The second-order valence-corrected chi connectivity index (χ2v) is 4.26. The SMILES string of the molecule is COCC(=O)Nc1ccc(Oc2ccccc2OC)cc1. The third kappa shape index (κ3) is 4.22. The summed E-state index contributed by atoms with van der Waals surface area (Å²) in [4.78, 5) is 11.4. The minimum Gasteiger partial charge on any atom is -0.493 e. The molecule has 5 nitrogen and oxygen atoms in total. The van der Waals surface area contributed by atoms with Crippen molar-refractivity contribution in [3.05, 3.63) is 48.5 Å². The Morgan fingerprint density at radius 2 is 1.67 bits per heavy atom. The lowest BCUT2D eigenvalue weighted by molar-refractivity contribution is -0.119. The third-order valence-corrected chi connectivity index (χ3v) is 2.71. The molecule has 0 spiro atoms. The molecular weight excluding hydrogens is 270 g/mol. The number of benzene rings is 2. The first kappa shape index (κ1) is 14.9. The van der Waals surface area contributed by atoms with Crippen molar-refractivity contribution in [2.24, 2.45) is 0 Å². The fourth-order valence-corrected chi connectivity index (χ4v) is 1.76. The molecule has 1 amide bonds. The minimum atomic E-state index is -0.198. The van der Waals surface area contributed by atoms with Crippen LogP contribution in [0.15, 0.2) is 48.5 Å². The van der Waals surface area contributed by atoms with E-state index in [2.05, 4.69) is 5.32 Å². The van der Waals surface area contributed by atoms with Gasteiger partial charge in [0.25, 0.3) is 0 Å². The molecule has 2 rings (SSSR count). The Bertz CT molecular complexity index is 595. The van der Waals surface area contributed by atoms with Crippen molar-refractivity contribution in [3.8, 4) is 17.2 Å². The summed E-state index contributed by atoms with van der Waals surface area (Å²) in [5.41, 5.74) is 0.685. The van der Waals surface area contributed by atoms with Crippen LogP contribution in [-0.4, -0.2) is 26.7 Å². The van der Waals surface area contributed by atoms with Crippen molar-refractivity contribution in [2.45, 2.75) is 0 Å². The van der Waals surface area contributed by atoms with Crippen molar-refractivity contribution < 1.29 is 19.0 Å². The molecule has 0 atom stereocenters. The zero-order valence-corrected chi connectivity index (χ0v) is 12.0. The monoisotopic (exact) mass is 287 g/mol. The van der Waals surface area contributed by atoms with Crippen molar-refractivity contribution >= 4 is 11.6 Å². The zero-order chi connectivity index (χ0) is 15.1. The number of para-hydroxylation sites is 2. The van der Waals surface area contributed by atoms with Crippen LogP contribution in [0.4, 0.5) is 5.69 Å². The second kappa shape index (κ2) is 7.31. The lowest BCUT2D eigenvalue weighted by Crippen LogP contribution is -2.16. The molecule has 0 aromatic heterocycles. The van der Waals surface area contributed by atoms with Gasteiger partial charge in [0.05, 0.1) is 7.11 Å². The van der Waals surface area contributed by atoms with Crippen LogP contribution >= 0.6 is 0 Å². The largest absolute Gasteiger partial charge is 0.493 e. The lowest BCUT2D eigenvalue weighted by atomic mass is 10.3. The van der Waals surface area contributed by atoms with E-state index in [1.54, 1.807) is 31.4 Å². The average molecular weight is 287 g/mol. The summed E-state index contributed by atoms with van der Waals surface area (Å²) in [7, 11) is 3.07. The predicted molar refractivity (Wildman–Crippen MR) is 80.0 cm³/mol. The van der Waals surface area contributed by atoms with E-state index >= 15 is 0 Å². The summed E-state index contributed by atoms with van der Waals surface area (Å²) < 4.78 is 15.7. The van der Waals surface area contributed by atoms with Gasteiger partial charge in [-0.25, -0.2) is 0 Å². The number of nitrogens with one attached hydrogen (secondary N) is 1. The van der Waals surface area contributed by atoms with E-state index in [0.29, 0.717) is 22.9 Å². The Labute approximate surface area is 123 Å². The van der Waals surface area contributed by atoms with E-state index in [0.717, 1.165) is 0 Å². The summed E-state index contributed by atoms with van der Waals surface area (Å²) in [5.74, 6) is 1.76. The average Bonchev–Trinajstić information content (AvgIpc) is 2.50. The summed E-state index contributed by atoms with van der Waals surface area (Å²) in [6, 6.07) is 14.5. The lowest BCUT2D eigenvalue weighted by Gasteiger charge is -2.10. The van der Waals surface area contributed by atoms with Gasteiger partial charge in [0.1, 0.15) is 12.4 Å². The van der Waals surface area contributed by atoms with E-state index in [-0.39, 0.29) is 12.5 Å². The maximum atomic E-state index is 11.4. The van der Waals surface area contributed by atoms with Crippen LogP contribution in [0.25, 0.3) is 0 Å². The number of anilines is 1. The number of hydrogen-bond acceptors (Lipinski definition) is 4. The van der Waals surface area contributed by atoms with E-state index in [1.165, 1.54) is 7.11 Å². The Hall–Kier alpha value is -2.53. The molecule has 0 heterocycles. The molecule has 0 bridgehead atoms. The van der Waals surface area contributed by atoms with Crippen molar-refractivity contribution in [2.75, 3.05) is 26.1 Å². The van der Waals surface area contributed by atoms with E-state index in [4.69, 9.17) is 14.2 Å². The topological polar surface area (TPSA) is 56.8 Å². The minimum absolute atomic E-state index is 0.0272. The Kier molecular flexibility index (Phi) is 5.17. The van der Waals surface area contributed by atoms with Crippen molar-refractivity contribution in [1.82, 2.24) is 0 Å². The fraction of sp³-hybridized carbons (Fsp3) is 0.188. The van der Waals surface area contributed by atoms with Crippen LogP contribution in [-0.2, 0) is 9.53 Å². The molecule has 0 saturated carbocycles. The highest BCUT2D eigenvalue weighted by Gasteiger charge is 2.05. The Balaban J connectivity index is 2.04. The first-order chi connectivity index (χ1) is 10.2. The highest BCUT2D eigenvalue weighted by molar-refractivity contribution is 5.91. The number of hydrogen-bond donors (Lipinski definition) is 1. The van der Waals surface area contributed by atoms with Gasteiger partial charge < -0.3 is 19.5 Å². The standard InChI is InChI=1S/C16H17NO4/c1-19-11-16(18)17-12-7-9-13(10-8-12)21-15-6-4-3-5-14(15)20-2/h3-10H,11H2,1-2H3,(H,17,18). The molecule has 0 saturated heterocycles. The molecule has 2 aromatic carbocycles. The van der Waals surface area contributed by atoms with E-state index < -0.39 is 0 Å². The third-order valence-electron chi connectivity index (χ3n) is 2.71. The van der Waals surface area contributed by atoms with Gasteiger partial charge in [0.2, 0.25) is 5.91 Å². The molecule has 0 aliphatic carbocycles. The maximum absolute atomic E-state index is 11.4. The molecule has 0 fully saturated rings. The number of amides is 1. The molecule has 110 valence electrons. The molecule has 0 radical (unpaired) electrons. The van der Waals surface area contributed by atoms with Crippen LogP contribution < -0.4 is 14.8 Å². The van der Waals surface area contributed by atoms with Gasteiger partial charge in [-0.1, -0.05) is 12.1 Å². The molecule has 2 aromatic rings. The van der Waals surface area contributed by atoms with Crippen LogP contribution in [0.2, 0.25) is 0 Å². The van der Waals surface area contributed by atoms with Crippen molar-refractivity contribution in [1.29, 1.82) is 0 Å². The quantitative estimate of drug-likeness (QED) is 0.887.